The van der Waals surface area contributed by atoms with E-state index < -0.39 is 33.6 Å². The Labute approximate surface area is 390 Å². The smallest absolute Gasteiger partial charge is 0.407 e. The highest BCUT2D eigenvalue weighted by atomic mass is 32.2. The number of piperidine rings is 1. The Kier molecular flexibility index (Phi) is 12.2. The van der Waals surface area contributed by atoms with E-state index in [0.29, 0.717) is 60.9 Å². The number of nitrogens with zero attached hydrogens (tertiary/aromatic N) is 7. The standard InChI is InChI=1S/C51H59N7O8S/c1-33-13-18-40(19-14-33)67(62,63)58-26-23-41-43(31-54(4)48(59)46(41)58)36-15-20-44-42(28-36)47(51(66-39-16-17-39,37-10-6-5-7-11-37)32-65-45-12-8-9-27-64-45)53-49(52-44)55-24-21-38(22-25-55)56-29-35(3)57(50(60)61)30-34(56)2/h5-7,10-11,13-15,18-20,23,26,28,31,34-35,38-39,45H,8-9,12,16-17,21-22,24-25,27,29-30,32H2,1-4H3,(H,60,61)/t34-,35+,45?,51-/m0/s1. The van der Waals surface area contributed by atoms with Gasteiger partial charge in [0, 0.05) is 86.7 Å². The minimum absolute atomic E-state index is 0.0204. The molecule has 15 nitrogen and oxygen atoms in total. The molecule has 3 aliphatic heterocycles. The zero-order valence-corrected chi connectivity index (χ0v) is 39.4. The van der Waals surface area contributed by atoms with Crippen molar-refractivity contribution in [3.63, 3.8) is 0 Å². The van der Waals surface area contributed by atoms with Crippen LogP contribution in [0.15, 0.2) is 101 Å². The monoisotopic (exact) mass is 929 g/mol. The molecule has 4 aliphatic rings. The molecule has 3 saturated heterocycles. The highest BCUT2D eigenvalue weighted by Crippen LogP contribution is 2.44. The van der Waals surface area contributed by atoms with Crippen molar-refractivity contribution in [2.75, 3.05) is 44.3 Å². The average molecular weight is 930 g/mol. The molecular formula is C51H59N7O8S. The van der Waals surface area contributed by atoms with Crippen LogP contribution in [-0.2, 0) is 36.9 Å². The highest BCUT2D eigenvalue weighted by Gasteiger charge is 2.46. The molecule has 6 aromatic rings. The summed E-state index contributed by atoms with van der Waals surface area (Å²) in [6, 6.07) is 24.7. The first-order chi connectivity index (χ1) is 32.3. The lowest BCUT2D eigenvalue weighted by molar-refractivity contribution is -0.197. The highest BCUT2D eigenvalue weighted by molar-refractivity contribution is 7.90. The molecule has 352 valence electrons. The van der Waals surface area contributed by atoms with Gasteiger partial charge in [-0.25, -0.2) is 27.2 Å². The van der Waals surface area contributed by atoms with Gasteiger partial charge in [0.1, 0.15) is 5.52 Å². The molecule has 16 heteroatoms. The van der Waals surface area contributed by atoms with E-state index in [1.807, 2.05) is 50.2 Å². The first-order valence-electron chi connectivity index (χ1n) is 23.6. The van der Waals surface area contributed by atoms with E-state index in [2.05, 4.69) is 28.9 Å². The van der Waals surface area contributed by atoms with Gasteiger partial charge < -0.3 is 33.7 Å². The van der Waals surface area contributed by atoms with Crippen LogP contribution >= 0.6 is 0 Å². The van der Waals surface area contributed by atoms with Crippen molar-refractivity contribution in [2.45, 2.75) is 107 Å². The van der Waals surface area contributed by atoms with Crippen LogP contribution in [0.1, 0.15) is 75.6 Å². The number of piperazine rings is 1. The summed E-state index contributed by atoms with van der Waals surface area (Å²) in [5.74, 6) is 0.585. The number of rotatable bonds is 12. The molecule has 6 heterocycles. The molecule has 1 unspecified atom stereocenters. The summed E-state index contributed by atoms with van der Waals surface area (Å²) in [6.45, 7) is 9.35. The zero-order chi connectivity index (χ0) is 46.6. The largest absolute Gasteiger partial charge is 0.465 e. The third-order valence-electron chi connectivity index (χ3n) is 14.2. The first kappa shape index (κ1) is 45.1. The van der Waals surface area contributed by atoms with E-state index >= 15 is 0 Å². The number of fused-ring (bicyclic) bond motifs is 2. The normalized spacial score (nSPS) is 22.1. The van der Waals surface area contributed by atoms with Gasteiger partial charge >= 0.3 is 6.09 Å². The van der Waals surface area contributed by atoms with Gasteiger partial charge in [0.05, 0.1) is 28.8 Å². The number of hydrogen-bond donors (Lipinski definition) is 1. The zero-order valence-electron chi connectivity index (χ0n) is 38.6. The molecule has 10 rings (SSSR count). The molecule has 1 aliphatic carbocycles. The second-order valence-corrected chi connectivity index (χ2v) is 20.7. The van der Waals surface area contributed by atoms with Gasteiger partial charge in [-0.2, -0.15) is 0 Å². The molecule has 1 amide bonds. The van der Waals surface area contributed by atoms with E-state index in [1.54, 1.807) is 48.5 Å². The second kappa shape index (κ2) is 18.1. The van der Waals surface area contributed by atoms with Crippen LogP contribution in [0.2, 0.25) is 0 Å². The lowest BCUT2D eigenvalue weighted by Crippen LogP contribution is -2.61. The van der Waals surface area contributed by atoms with Gasteiger partial charge in [-0.05, 0) is 107 Å². The SMILES string of the molecule is Cc1ccc(S(=O)(=O)n2ccc3c(-c4ccc5nc(N6CCC(N7C[C@@H](C)N(C(=O)O)C[C@@H]7C)CC6)nc([C@@](COC6CCCCO6)(OC6CC6)c6ccccc6)c5c4)cn(C)c(=O)c32)cc1. The lowest BCUT2D eigenvalue weighted by atomic mass is 9.87. The molecule has 3 aromatic heterocycles. The van der Waals surface area contributed by atoms with E-state index in [1.165, 1.54) is 10.8 Å². The van der Waals surface area contributed by atoms with E-state index in [4.69, 9.17) is 24.2 Å². The fourth-order valence-corrected chi connectivity index (χ4v) is 11.7. The summed E-state index contributed by atoms with van der Waals surface area (Å²) in [5.41, 5.74) is 3.01. The van der Waals surface area contributed by atoms with Crippen molar-refractivity contribution in [2.24, 2.45) is 7.05 Å². The molecule has 4 fully saturated rings. The van der Waals surface area contributed by atoms with Crippen LogP contribution in [0.4, 0.5) is 10.7 Å². The predicted molar refractivity (Wildman–Crippen MR) is 256 cm³/mol. The number of amides is 1. The second-order valence-electron chi connectivity index (χ2n) is 18.9. The first-order valence-corrected chi connectivity index (χ1v) is 25.1. The van der Waals surface area contributed by atoms with Crippen molar-refractivity contribution in [1.29, 1.82) is 0 Å². The Morgan fingerprint density at radius 1 is 0.896 bits per heavy atom. The van der Waals surface area contributed by atoms with Crippen LogP contribution < -0.4 is 10.5 Å². The number of carboxylic acid groups (broad SMARTS) is 1. The molecule has 67 heavy (non-hydrogen) atoms. The van der Waals surface area contributed by atoms with Crippen LogP contribution in [-0.4, -0.2) is 118 Å². The van der Waals surface area contributed by atoms with Gasteiger partial charge in [-0.3, -0.25) is 9.69 Å². The number of hydrogen-bond acceptors (Lipinski definition) is 11. The molecule has 3 aromatic carbocycles. The summed E-state index contributed by atoms with van der Waals surface area (Å²) >= 11 is 0. The number of anilines is 1. The van der Waals surface area contributed by atoms with Crippen molar-refractivity contribution in [1.82, 2.24) is 28.3 Å². The molecule has 1 N–H and O–H groups in total. The summed E-state index contributed by atoms with van der Waals surface area (Å²) < 4.78 is 51.0. The third kappa shape index (κ3) is 8.62. The van der Waals surface area contributed by atoms with E-state index in [0.717, 1.165) is 71.0 Å². The Morgan fingerprint density at radius 3 is 2.36 bits per heavy atom. The Morgan fingerprint density at radius 2 is 1.66 bits per heavy atom. The number of ether oxygens (including phenoxy) is 3. The predicted octanol–water partition coefficient (Wildman–Crippen LogP) is 7.50. The van der Waals surface area contributed by atoms with Gasteiger partial charge in [0.2, 0.25) is 5.95 Å². The Hall–Kier alpha value is -5.65. The molecule has 1 saturated carbocycles. The van der Waals surface area contributed by atoms with Crippen molar-refractivity contribution < 1.29 is 32.5 Å². The molecule has 4 atom stereocenters. The summed E-state index contributed by atoms with van der Waals surface area (Å²) in [6.07, 6.45) is 8.22. The number of aromatic nitrogens is 4. The van der Waals surface area contributed by atoms with Gasteiger partial charge in [-0.15, -0.1) is 0 Å². The molecule has 0 radical (unpaired) electrons. The van der Waals surface area contributed by atoms with Crippen LogP contribution in [0.5, 0.6) is 0 Å². The number of benzene rings is 3. The lowest BCUT2D eigenvalue weighted by Gasteiger charge is -2.48. The Bertz CT molecular complexity index is 2960. The van der Waals surface area contributed by atoms with Crippen LogP contribution in [0.25, 0.3) is 32.9 Å². The number of carbonyl (C=O) groups is 1. The third-order valence-corrected chi connectivity index (χ3v) is 15.9. The van der Waals surface area contributed by atoms with E-state index in [-0.39, 0.29) is 41.2 Å². The van der Waals surface area contributed by atoms with Gasteiger partial charge in [0.25, 0.3) is 15.6 Å². The maximum atomic E-state index is 14.1. The molecule has 0 bridgehead atoms. The van der Waals surface area contributed by atoms with Gasteiger partial charge in [0.15, 0.2) is 11.9 Å². The Balaban J connectivity index is 1.10. The number of pyridine rings is 1. The summed E-state index contributed by atoms with van der Waals surface area (Å²) in [7, 11) is -2.48. The van der Waals surface area contributed by atoms with E-state index in [9.17, 15) is 23.1 Å². The number of aryl methyl sites for hydroxylation is 2. The minimum atomic E-state index is -4.11. The molecule has 0 spiro atoms. The average Bonchev–Trinajstić information content (AvgIpc) is 4.04. The topological polar surface area (TPSA) is 162 Å². The van der Waals surface area contributed by atoms with Crippen molar-refractivity contribution in [3.8, 4) is 11.1 Å². The van der Waals surface area contributed by atoms with Crippen LogP contribution in [0, 0.1) is 6.92 Å². The molecular weight excluding hydrogens is 871 g/mol. The fourth-order valence-electron chi connectivity index (χ4n) is 10.3. The minimum Gasteiger partial charge on any atom is -0.465 e. The summed E-state index contributed by atoms with van der Waals surface area (Å²) in [5, 5.41) is 11.0. The maximum absolute atomic E-state index is 14.1. The maximum Gasteiger partial charge on any atom is 0.407 e. The quantitative estimate of drug-likeness (QED) is 0.129. The summed E-state index contributed by atoms with van der Waals surface area (Å²) in [4.78, 5) is 43.1. The van der Waals surface area contributed by atoms with Gasteiger partial charge in [-0.1, -0.05) is 54.1 Å². The van der Waals surface area contributed by atoms with Crippen molar-refractivity contribution in [3.05, 3.63) is 118 Å². The van der Waals surface area contributed by atoms with Crippen molar-refractivity contribution >= 4 is 43.9 Å². The fraction of sp³-hybridized carbons (Fsp3) is 0.451. The van der Waals surface area contributed by atoms with Crippen LogP contribution in [0.3, 0.4) is 0 Å².